The summed E-state index contributed by atoms with van der Waals surface area (Å²) in [5, 5.41) is 14.3. The quantitative estimate of drug-likeness (QED) is 0.447. The Morgan fingerprint density at radius 1 is 1.11 bits per heavy atom. The lowest BCUT2D eigenvalue weighted by atomic mass is 9.78. The highest BCUT2D eigenvalue weighted by Gasteiger charge is 2.42. The van der Waals surface area contributed by atoms with E-state index in [0.717, 1.165) is 60.7 Å². The summed E-state index contributed by atoms with van der Waals surface area (Å²) in [4.78, 5) is 12.3. The summed E-state index contributed by atoms with van der Waals surface area (Å²) < 4.78 is 28.8. The number of fused-ring (bicyclic) bond motifs is 3. The number of amides is 1. The average Bonchev–Trinajstić information content (AvgIpc) is 3.19. The van der Waals surface area contributed by atoms with Gasteiger partial charge in [-0.2, -0.15) is 0 Å². The van der Waals surface area contributed by atoms with Crippen molar-refractivity contribution in [2.24, 2.45) is 11.1 Å². The molecule has 1 aromatic heterocycles. The second-order valence-electron chi connectivity index (χ2n) is 10.5. The molecule has 5 rings (SSSR count). The van der Waals surface area contributed by atoms with Crippen LogP contribution in [0.25, 0.3) is 22.0 Å². The van der Waals surface area contributed by atoms with Gasteiger partial charge in [-0.15, -0.1) is 0 Å². The summed E-state index contributed by atoms with van der Waals surface area (Å²) in [6.45, 7) is 4.14. The van der Waals surface area contributed by atoms with Crippen LogP contribution in [0.2, 0.25) is 0 Å². The van der Waals surface area contributed by atoms with Crippen molar-refractivity contribution >= 4 is 32.5 Å². The normalized spacial score (nSPS) is 22.8. The van der Waals surface area contributed by atoms with Gasteiger partial charge in [-0.05, 0) is 74.1 Å². The zero-order chi connectivity index (χ0) is 25.7. The number of aromatic nitrogens is 1. The fourth-order valence-electron chi connectivity index (χ4n) is 6.10. The molecule has 0 saturated heterocycles. The summed E-state index contributed by atoms with van der Waals surface area (Å²) in [7, 11) is -3.54. The lowest BCUT2D eigenvalue weighted by Gasteiger charge is -2.36. The molecule has 0 atom stereocenters. The van der Waals surface area contributed by atoms with E-state index in [9.17, 15) is 18.3 Å². The molecule has 0 unspecified atom stereocenters. The highest BCUT2D eigenvalue weighted by Crippen LogP contribution is 2.46. The van der Waals surface area contributed by atoms with Crippen LogP contribution in [0.5, 0.6) is 0 Å². The van der Waals surface area contributed by atoms with Crippen molar-refractivity contribution in [3.05, 3.63) is 53.7 Å². The molecule has 1 fully saturated rings. The molecule has 2 aromatic carbocycles. The highest BCUT2D eigenvalue weighted by molar-refractivity contribution is 7.90. The first kappa shape index (κ1) is 24.8. The van der Waals surface area contributed by atoms with Gasteiger partial charge >= 0.3 is 0 Å². The van der Waals surface area contributed by atoms with Gasteiger partial charge in [-0.1, -0.05) is 38.1 Å². The number of benzene rings is 2. The van der Waals surface area contributed by atoms with E-state index < -0.39 is 15.9 Å². The SMILES string of the molecule is CCC1(CC)Cc2c(-c3ccc(C(N)=O)c(NC4CCC(O)CC4)c3)c3ccccc3n2S(=O)(=O)C1. The summed E-state index contributed by atoms with van der Waals surface area (Å²) in [5.41, 5.74) is 9.74. The standard InChI is InChI=1S/C28H35N3O4S/c1-3-28(4-2)16-25-26(22-7-5-6-8-24(22)31(25)36(34,35)17-28)18-9-14-21(27(29)33)23(15-18)30-19-10-12-20(32)13-11-19/h5-9,14-15,19-20,30,32H,3-4,10-13,16-17H2,1-2H3,(H2,29,33). The summed E-state index contributed by atoms with van der Waals surface area (Å²) >= 11 is 0. The van der Waals surface area contributed by atoms with Gasteiger partial charge in [0.05, 0.1) is 22.9 Å². The molecule has 2 heterocycles. The third kappa shape index (κ3) is 4.20. The fourth-order valence-corrected chi connectivity index (χ4v) is 8.46. The Balaban J connectivity index is 1.69. The third-order valence-corrected chi connectivity index (χ3v) is 10.3. The number of nitrogens with zero attached hydrogens (tertiary/aromatic N) is 1. The molecular weight excluding hydrogens is 474 g/mol. The molecule has 8 heteroatoms. The van der Waals surface area contributed by atoms with Gasteiger partial charge in [0.1, 0.15) is 0 Å². The molecule has 0 bridgehead atoms. The number of hydrogen-bond donors (Lipinski definition) is 3. The van der Waals surface area contributed by atoms with Gasteiger partial charge in [-0.25, -0.2) is 12.4 Å². The van der Waals surface area contributed by atoms with Crippen molar-refractivity contribution in [3.8, 4) is 11.1 Å². The van der Waals surface area contributed by atoms with E-state index in [-0.39, 0.29) is 23.3 Å². The molecule has 1 aliphatic heterocycles. The molecule has 3 aromatic rings. The maximum absolute atomic E-state index is 13.6. The van der Waals surface area contributed by atoms with E-state index >= 15 is 0 Å². The zero-order valence-corrected chi connectivity index (χ0v) is 21.8. The number of carbonyl (C=O) groups is 1. The Bertz CT molecular complexity index is 1410. The number of nitrogens with two attached hydrogens (primary N) is 1. The number of anilines is 1. The maximum atomic E-state index is 13.6. The Hall–Kier alpha value is -2.84. The second kappa shape index (κ2) is 9.23. The molecule has 1 amide bonds. The number of rotatable bonds is 6. The van der Waals surface area contributed by atoms with Crippen molar-refractivity contribution in [3.63, 3.8) is 0 Å². The van der Waals surface area contributed by atoms with Crippen LogP contribution in [0.15, 0.2) is 42.5 Å². The predicted molar refractivity (Wildman–Crippen MR) is 144 cm³/mol. The monoisotopic (exact) mass is 509 g/mol. The van der Waals surface area contributed by atoms with Crippen LogP contribution in [0.3, 0.4) is 0 Å². The molecule has 192 valence electrons. The Kier molecular flexibility index (Phi) is 6.37. The average molecular weight is 510 g/mol. The van der Waals surface area contributed by atoms with Crippen LogP contribution < -0.4 is 11.1 Å². The van der Waals surface area contributed by atoms with Gasteiger partial charge in [0.25, 0.3) is 5.91 Å². The molecule has 4 N–H and O–H groups in total. The van der Waals surface area contributed by atoms with E-state index in [2.05, 4.69) is 19.2 Å². The van der Waals surface area contributed by atoms with Crippen LogP contribution in [0, 0.1) is 5.41 Å². The molecule has 1 aliphatic carbocycles. The number of para-hydroxylation sites is 1. The van der Waals surface area contributed by atoms with Gasteiger partial charge in [-0.3, -0.25) is 4.79 Å². The molecule has 2 aliphatic rings. The molecule has 0 spiro atoms. The van der Waals surface area contributed by atoms with Gasteiger partial charge < -0.3 is 16.2 Å². The summed E-state index contributed by atoms with van der Waals surface area (Å²) in [6, 6.07) is 13.3. The first-order valence-corrected chi connectivity index (χ1v) is 14.5. The number of primary amides is 1. The molecule has 1 saturated carbocycles. The van der Waals surface area contributed by atoms with Crippen LogP contribution in [-0.2, 0) is 16.4 Å². The number of nitrogens with one attached hydrogen (secondary N) is 1. The largest absolute Gasteiger partial charge is 0.393 e. The summed E-state index contributed by atoms with van der Waals surface area (Å²) in [5.74, 6) is -0.374. The maximum Gasteiger partial charge on any atom is 0.250 e. The number of aliphatic hydroxyl groups excluding tert-OH is 1. The van der Waals surface area contributed by atoms with Crippen LogP contribution in [0.1, 0.15) is 68.4 Å². The smallest absolute Gasteiger partial charge is 0.250 e. The van der Waals surface area contributed by atoms with Crippen molar-refractivity contribution in [2.45, 2.75) is 70.9 Å². The molecular formula is C28H35N3O4S. The van der Waals surface area contributed by atoms with E-state index in [1.807, 2.05) is 36.4 Å². The van der Waals surface area contributed by atoms with E-state index in [0.29, 0.717) is 23.2 Å². The van der Waals surface area contributed by atoms with Gasteiger partial charge in [0.15, 0.2) is 0 Å². The summed E-state index contributed by atoms with van der Waals surface area (Å²) in [6.07, 6.45) is 5.01. The van der Waals surface area contributed by atoms with E-state index in [1.165, 1.54) is 0 Å². The minimum atomic E-state index is -3.54. The Morgan fingerprint density at radius 3 is 2.47 bits per heavy atom. The molecule has 0 radical (unpaired) electrons. The number of aliphatic hydroxyl groups is 1. The topological polar surface area (TPSA) is 114 Å². The van der Waals surface area contributed by atoms with E-state index in [4.69, 9.17) is 5.73 Å². The Morgan fingerprint density at radius 2 is 1.81 bits per heavy atom. The van der Waals surface area contributed by atoms with Crippen LogP contribution in [0.4, 0.5) is 5.69 Å². The molecule has 36 heavy (non-hydrogen) atoms. The van der Waals surface area contributed by atoms with Crippen molar-refractivity contribution in [1.29, 1.82) is 0 Å². The van der Waals surface area contributed by atoms with Crippen molar-refractivity contribution in [1.82, 2.24) is 3.97 Å². The minimum absolute atomic E-state index is 0.134. The van der Waals surface area contributed by atoms with Gasteiger partial charge in [0, 0.05) is 28.4 Å². The number of hydrogen-bond acceptors (Lipinski definition) is 5. The lowest BCUT2D eigenvalue weighted by molar-refractivity contribution is 0.100. The van der Waals surface area contributed by atoms with Crippen molar-refractivity contribution < 1.29 is 18.3 Å². The fraction of sp³-hybridized carbons (Fsp3) is 0.464. The van der Waals surface area contributed by atoms with Crippen LogP contribution >= 0.6 is 0 Å². The third-order valence-electron chi connectivity index (χ3n) is 8.37. The number of carbonyl (C=O) groups excluding carboxylic acids is 1. The van der Waals surface area contributed by atoms with Crippen molar-refractivity contribution in [2.75, 3.05) is 11.1 Å². The zero-order valence-electron chi connectivity index (χ0n) is 21.0. The predicted octanol–water partition coefficient (Wildman–Crippen LogP) is 4.66. The highest BCUT2D eigenvalue weighted by atomic mass is 32.2. The van der Waals surface area contributed by atoms with E-state index in [1.54, 1.807) is 10.0 Å². The second-order valence-corrected chi connectivity index (χ2v) is 12.3. The van der Waals surface area contributed by atoms with Gasteiger partial charge in [0.2, 0.25) is 10.0 Å². The first-order chi connectivity index (χ1) is 17.2. The Labute approximate surface area is 212 Å². The first-order valence-electron chi connectivity index (χ1n) is 12.9. The molecule has 7 nitrogen and oxygen atoms in total. The van der Waals surface area contributed by atoms with Crippen LogP contribution in [-0.4, -0.2) is 41.3 Å². The minimum Gasteiger partial charge on any atom is -0.393 e. The lowest BCUT2D eigenvalue weighted by Crippen LogP contribution is -2.40.